The number of aromatic nitrogens is 2. The first-order valence-corrected chi connectivity index (χ1v) is 5.71. The van der Waals surface area contributed by atoms with E-state index < -0.39 is 0 Å². The molecule has 0 bridgehead atoms. The zero-order valence-electron chi connectivity index (χ0n) is 8.42. The zero-order valence-corrected chi connectivity index (χ0v) is 9.24. The van der Waals surface area contributed by atoms with Crippen LogP contribution in [0.25, 0.3) is 21.3 Å². The van der Waals surface area contributed by atoms with Gasteiger partial charge in [-0.05, 0) is 17.7 Å². The Balaban J connectivity index is 2.18. The average Bonchev–Trinajstić information content (AvgIpc) is 2.75. The number of fused-ring (bicyclic) bond motifs is 1. The summed E-state index contributed by atoms with van der Waals surface area (Å²) >= 11 is 1.49. The van der Waals surface area contributed by atoms with E-state index >= 15 is 0 Å². The standard InChI is InChI=1S/C12H9N3S/c13-12-15-7-11(16-12)9-4-3-8-2-1-5-14-10(8)6-9/h1-7H,(H2,13,15). The number of hydrogen-bond donors (Lipinski definition) is 1. The molecule has 2 heterocycles. The van der Waals surface area contributed by atoms with Crippen molar-refractivity contribution in [3.63, 3.8) is 0 Å². The summed E-state index contributed by atoms with van der Waals surface area (Å²) in [4.78, 5) is 9.45. The highest BCUT2D eigenvalue weighted by Crippen LogP contribution is 2.29. The van der Waals surface area contributed by atoms with Gasteiger partial charge in [-0.2, -0.15) is 0 Å². The molecule has 2 aromatic heterocycles. The number of nitrogens with zero attached hydrogens (tertiary/aromatic N) is 2. The Hall–Kier alpha value is -1.94. The summed E-state index contributed by atoms with van der Waals surface area (Å²) in [6.07, 6.45) is 3.59. The van der Waals surface area contributed by atoms with Gasteiger partial charge in [0, 0.05) is 17.8 Å². The van der Waals surface area contributed by atoms with Gasteiger partial charge in [-0.3, -0.25) is 4.98 Å². The molecule has 0 atom stereocenters. The second-order valence-corrected chi connectivity index (χ2v) is 4.54. The van der Waals surface area contributed by atoms with Crippen LogP contribution in [0.4, 0.5) is 5.13 Å². The normalized spacial score (nSPS) is 10.8. The Labute approximate surface area is 96.6 Å². The van der Waals surface area contributed by atoms with Gasteiger partial charge in [0.1, 0.15) is 0 Å². The third-order valence-electron chi connectivity index (χ3n) is 2.41. The molecule has 16 heavy (non-hydrogen) atoms. The molecule has 4 heteroatoms. The number of hydrogen-bond acceptors (Lipinski definition) is 4. The van der Waals surface area contributed by atoms with Crippen molar-refractivity contribution in [1.29, 1.82) is 0 Å². The van der Waals surface area contributed by atoms with E-state index in [9.17, 15) is 0 Å². The van der Waals surface area contributed by atoms with Crippen molar-refractivity contribution in [3.05, 3.63) is 42.7 Å². The van der Waals surface area contributed by atoms with Crippen molar-refractivity contribution in [2.24, 2.45) is 0 Å². The van der Waals surface area contributed by atoms with Gasteiger partial charge in [0.15, 0.2) is 5.13 Å². The van der Waals surface area contributed by atoms with E-state index in [0.29, 0.717) is 5.13 Å². The quantitative estimate of drug-likeness (QED) is 0.695. The molecule has 0 fully saturated rings. The van der Waals surface area contributed by atoms with Gasteiger partial charge in [-0.15, -0.1) is 0 Å². The molecule has 0 aliphatic heterocycles. The Kier molecular flexibility index (Phi) is 2.08. The summed E-state index contributed by atoms with van der Waals surface area (Å²) in [7, 11) is 0. The van der Waals surface area contributed by atoms with E-state index in [0.717, 1.165) is 21.3 Å². The number of thiazole rings is 1. The number of rotatable bonds is 1. The molecule has 0 saturated carbocycles. The van der Waals surface area contributed by atoms with Crippen LogP contribution in [0.5, 0.6) is 0 Å². The van der Waals surface area contributed by atoms with Crippen LogP contribution in [0, 0.1) is 0 Å². The Morgan fingerprint density at radius 3 is 2.88 bits per heavy atom. The lowest BCUT2D eigenvalue weighted by molar-refractivity contribution is 1.41. The van der Waals surface area contributed by atoms with E-state index in [4.69, 9.17) is 5.73 Å². The number of anilines is 1. The minimum atomic E-state index is 0.594. The van der Waals surface area contributed by atoms with E-state index in [1.54, 1.807) is 12.4 Å². The molecule has 3 nitrogen and oxygen atoms in total. The highest BCUT2D eigenvalue weighted by molar-refractivity contribution is 7.18. The molecular weight excluding hydrogens is 218 g/mol. The molecule has 2 N–H and O–H groups in total. The predicted octanol–water partition coefficient (Wildman–Crippen LogP) is 2.94. The van der Waals surface area contributed by atoms with E-state index in [1.807, 2.05) is 12.1 Å². The molecule has 1 aromatic carbocycles. The summed E-state index contributed by atoms with van der Waals surface area (Å²) in [6.45, 7) is 0. The fourth-order valence-corrected chi connectivity index (χ4v) is 2.32. The van der Waals surface area contributed by atoms with E-state index in [2.05, 4.69) is 28.2 Å². The van der Waals surface area contributed by atoms with Gasteiger partial charge in [0.25, 0.3) is 0 Å². The van der Waals surface area contributed by atoms with Crippen LogP contribution in [0.3, 0.4) is 0 Å². The monoisotopic (exact) mass is 227 g/mol. The summed E-state index contributed by atoms with van der Waals surface area (Å²) in [6, 6.07) is 10.2. The van der Waals surface area contributed by atoms with Crippen molar-refractivity contribution in [3.8, 4) is 10.4 Å². The van der Waals surface area contributed by atoms with Crippen molar-refractivity contribution >= 4 is 27.4 Å². The van der Waals surface area contributed by atoms with Crippen LogP contribution >= 0.6 is 11.3 Å². The third-order valence-corrected chi connectivity index (χ3v) is 3.29. The summed E-state index contributed by atoms with van der Waals surface area (Å²) in [5, 5.41) is 1.74. The Morgan fingerprint density at radius 1 is 1.12 bits per heavy atom. The number of pyridine rings is 1. The van der Waals surface area contributed by atoms with Gasteiger partial charge in [0.05, 0.1) is 10.4 Å². The van der Waals surface area contributed by atoms with Crippen LogP contribution in [0.2, 0.25) is 0 Å². The Morgan fingerprint density at radius 2 is 2.06 bits per heavy atom. The van der Waals surface area contributed by atoms with Crippen LogP contribution in [-0.4, -0.2) is 9.97 Å². The number of nitrogens with two attached hydrogens (primary N) is 1. The molecule has 3 aromatic rings. The van der Waals surface area contributed by atoms with Crippen molar-refractivity contribution in [2.75, 3.05) is 5.73 Å². The average molecular weight is 227 g/mol. The second kappa shape index (κ2) is 3.57. The van der Waals surface area contributed by atoms with Crippen LogP contribution < -0.4 is 5.73 Å². The van der Waals surface area contributed by atoms with Gasteiger partial charge in [-0.25, -0.2) is 4.98 Å². The zero-order chi connectivity index (χ0) is 11.0. The predicted molar refractivity (Wildman–Crippen MR) is 67.3 cm³/mol. The van der Waals surface area contributed by atoms with E-state index in [-0.39, 0.29) is 0 Å². The van der Waals surface area contributed by atoms with Gasteiger partial charge in [-0.1, -0.05) is 29.5 Å². The van der Waals surface area contributed by atoms with Crippen LogP contribution in [0.1, 0.15) is 0 Å². The molecule has 0 unspecified atom stereocenters. The fourth-order valence-electron chi connectivity index (χ4n) is 1.64. The largest absolute Gasteiger partial charge is 0.375 e. The summed E-state index contributed by atoms with van der Waals surface area (Å²) < 4.78 is 0. The molecule has 78 valence electrons. The van der Waals surface area contributed by atoms with E-state index in [1.165, 1.54) is 11.3 Å². The lowest BCUT2D eigenvalue weighted by Crippen LogP contribution is -1.78. The molecule has 0 aliphatic carbocycles. The smallest absolute Gasteiger partial charge is 0.180 e. The lowest BCUT2D eigenvalue weighted by Gasteiger charge is -1.99. The topological polar surface area (TPSA) is 51.8 Å². The molecule has 0 aliphatic rings. The first kappa shape index (κ1) is 9.30. The fraction of sp³-hybridized carbons (Fsp3) is 0. The number of nitrogen functional groups attached to an aromatic ring is 1. The molecular formula is C12H9N3S. The summed E-state index contributed by atoms with van der Waals surface area (Å²) in [5.41, 5.74) is 7.72. The third kappa shape index (κ3) is 1.53. The summed E-state index contributed by atoms with van der Waals surface area (Å²) in [5.74, 6) is 0. The minimum absolute atomic E-state index is 0.594. The minimum Gasteiger partial charge on any atom is -0.375 e. The maximum Gasteiger partial charge on any atom is 0.180 e. The molecule has 3 rings (SSSR count). The van der Waals surface area contributed by atoms with Gasteiger partial charge < -0.3 is 5.73 Å². The molecule has 0 saturated heterocycles. The Bertz CT molecular complexity index is 645. The highest BCUT2D eigenvalue weighted by atomic mass is 32.1. The highest BCUT2D eigenvalue weighted by Gasteiger charge is 2.03. The maximum atomic E-state index is 5.62. The second-order valence-electron chi connectivity index (χ2n) is 3.47. The first-order valence-electron chi connectivity index (χ1n) is 4.89. The van der Waals surface area contributed by atoms with Crippen LogP contribution in [-0.2, 0) is 0 Å². The molecule has 0 amide bonds. The van der Waals surface area contributed by atoms with Gasteiger partial charge >= 0.3 is 0 Å². The first-order chi connectivity index (χ1) is 7.83. The van der Waals surface area contributed by atoms with Crippen molar-refractivity contribution < 1.29 is 0 Å². The molecule has 0 radical (unpaired) electrons. The maximum absolute atomic E-state index is 5.62. The van der Waals surface area contributed by atoms with Gasteiger partial charge in [0.2, 0.25) is 0 Å². The lowest BCUT2D eigenvalue weighted by atomic mass is 10.1. The van der Waals surface area contributed by atoms with Crippen molar-refractivity contribution in [2.45, 2.75) is 0 Å². The number of benzene rings is 1. The van der Waals surface area contributed by atoms with Crippen molar-refractivity contribution in [1.82, 2.24) is 9.97 Å². The SMILES string of the molecule is Nc1ncc(-c2ccc3cccnc3c2)s1. The van der Waals surface area contributed by atoms with Crippen LogP contribution in [0.15, 0.2) is 42.7 Å². The molecule has 0 spiro atoms.